The van der Waals surface area contributed by atoms with Crippen molar-refractivity contribution in [1.82, 2.24) is 9.88 Å². The van der Waals surface area contributed by atoms with Crippen molar-refractivity contribution in [2.24, 2.45) is 5.73 Å². The molecule has 0 saturated heterocycles. The van der Waals surface area contributed by atoms with Crippen molar-refractivity contribution < 1.29 is 0 Å². The molecule has 0 saturated carbocycles. The van der Waals surface area contributed by atoms with Gasteiger partial charge in [0.25, 0.3) is 0 Å². The Morgan fingerprint density at radius 3 is 2.94 bits per heavy atom. The minimum atomic E-state index is 0.740. The van der Waals surface area contributed by atoms with Crippen LogP contribution in [-0.2, 0) is 6.54 Å². The van der Waals surface area contributed by atoms with E-state index in [1.807, 2.05) is 12.3 Å². The molecule has 0 aliphatic rings. The SMILES string of the molecule is CN(CCCN)Cc1ccc(Br)c2cccnc12. The minimum Gasteiger partial charge on any atom is -0.330 e. The Labute approximate surface area is 116 Å². The molecule has 2 rings (SSSR count). The maximum absolute atomic E-state index is 5.54. The van der Waals surface area contributed by atoms with E-state index in [1.165, 1.54) is 10.9 Å². The van der Waals surface area contributed by atoms with E-state index >= 15 is 0 Å². The number of halogens is 1. The number of hydrogen-bond donors (Lipinski definition) is 1. The van der Waals surface area contributed by atoms with Crippen molar-refractivity contribution in [3.8, 4) is 0 Å². The van der Waals surface area contributed by atoms with E-state index in [4.69, 9.17) is 5.73 Å². The molecule has 0 bridgehead atoms. The topological polar surface area (TPSA) is 42.1 Å². The first-order valence-electron chi connectivity index (χ1n) is 6.13. The summed E-state index contributed by atoms with van der Waals surface area (Å²) < 4.78 is 1.10. The first kappa shape index (κ1) is 13.5. The molecule has 96 valence electrons. The molecule has 0 unspecified atom stereocenters. The van der Waals surface area contributed by atoms with Crippen LogP contribution < -0.4 is 5.73 Å². The van der Waals surface area contributed by atoms with Gasteiger partial charge in [-0.2, -0.15) is 0 Å². The summed E-state index contributed by atoms with van der Waals surface area (Å²) in [5.41, 5.74) is 7.87. The first-order chi connectivity index (χ1) is 8.72. The fourth-order valence-electron chi connectivity index (χ4n) is 2.06. The molecule has 0 radical (unpaired) electrons. The Hall–Kier alpha value is -0.970. The molecule has 0 aliphatic heterocycles. The summed E-state index contributed by atoms with van der Waals surface area (Å²) in [7, 11) is 2.12. The average Bonchev–Trinajstić information content (AvgIpc) is 2.40. The van der Waals surface area contributed by atoms with Gasteiger partial charge in [-0.05, 0) is 44.3 Å². The summed E-state index contributed by atoms with van der Waals surface area (Å²) in [6, 6.07) is 8.29. The highest BCUT2D eigenvalue weighted by Gasteiger charge is 2.07. The van der Waals surface area contributed by atoms with Crippen LogP contribution in [0.25, 0.3) is 10.9 Å². The van der Waals surface area contributed by atoms with Gasteiger partial charge >= 0.3 is 0 Å². The van der Waals surface area contributed by atoms with Crippen LogP contribution in [0.1, 0.15) is 12.0 Å². The van der Waals surface area contributed by atoms with Crippen LogP contribution in [0.15, 0.2) is 34.9 Å². The van der Waals surface area contributed by atoms with Gasteiger partial charge in [0.1, 0.15) is 0 Å². The Morgan fingerprint density at radius 2 is 2.17 bits per heavy atom. The van der Waals surface area contributed by atoms with Gasteiger partial charge in [-0.15, -0.1) is 0 Å². The lowest BCUT2D eigenvalue weighted by Crippen LogP contribution is -2.21. The molecule has 2 aromatic rings. The Morgan fingerprint density at radius 1 is 1.33 bits per heavy atom. The number of nitrogens with two attached hydrogens (primary N) is 1. The normalized spacial score (nSPS) is 11.3. The lowest BCUT2D eigenvalue weighted by molar-refractivity contribution is 0.325. The van der Waals surface area contributed by atoms with Crippen LogP contribution in [0.4, 0.5) is 0 Å². The number of pyridine rings is 1. The van der Waals surface area contributed by atoms with Gasteiger partial charge < -0.3 is 10.6 Å². The molecule has 0 atom stereocenters. The lowest BCUT2D eigenvalue weighted by atomic mass is 10.1. The van der Waals surface area contributed by atoms with Crippen LogP contribution in [-0.4, -0.2) is 30.0 Å². The van der Waals surface area contributed by atoms with Gasteiger partial charge in [0, 0.05) is 22.6 Å². The predicted octanol–water partition coefficient (Wildman–Crippen LogP) is 2.78. The molecule has 1 aromatic heterocycles. The minimum absolute atomic E-state index is 0.740. The average molecular weight is 308 g/mol. The number of hydrogen-bond acceptors (Lipinski definition) is 3. The zero-order valence-electron chi connectivity index (χ0n) is 10.6. The van der Waals surface area contributed by atoms with Crippen molar-refractivity contribution in [1.29, 1.82) is 0 Å². The Bertz CT molecular complexity index is 527. The van der Waals surface area contributed by atoms with Gasteiger partial charge in [0.15, 0.2) is 0 Å². The maximum Gasteiger partial charge on any atom is 0.0758 e. The predicted molar refractivity (Wildman–Crippen MR) is 79.4 cm³/mol. The second kappa shape index (κ2) is 6.27. The molecular formula is C14H18BrN3. The van der Waals surface area contributed by atoms with E-state index < -0.39 is 0 Å². The number of nitrogens with zero attached hydrogens (tertiary/aromatic N) is 2. The second-order valence-corrected chi connectivity index (χ2v) is 5.34. The van der Waals surface area contributed by atoms with E-state index in [0.29, 0.717) is 0 Å². The van der Waals surface area contributed by atoms with E-state index in [0.717, 1.165) is 36.0 Å². The fraction of sp³-hybridized carbons (Fsp3) is 0.357. The first-order valence-corrected chi connectivity index (χ1v) is 6.92. The third kappa shape index (κ3) is 3.07. The zero-order valence-corrected chi connectivity index (χ0v) is 12.2. The van der Waals surface area contributed by atoms with Crippen molar-refractivity contribution >= 4 is 26.8 Å². The van der Waals surface area contributed by atoms with Gasteiger partial charge in [-0.25, -0.2) is 0 Å². The quantitative estimate of drug-likeness (QED) is 0.923. The fourth-order valence-corrected chi connectivity index (χ4v) is 2.51. The molecule has 2 N–H and O–H groups in total. The Balaban J connectivity index is 2.26. The van der Waals surface area contributed by atoms with Crippen LogP contribution >= 0.6 is 15.9 Å². The van der Waals surface area contributed by atoms with E-state index in [2.05, 4.69) is 51.1 Å². The van der Waals surface area contributed by atoms with Crippen molar-refractivity contribution in [2.75, 3.05) is 20.1 Å². The summed E-state index contributed by atoms with van der Waals surface area (Å²) in [4.78, 5) is 6.78. The number of aromatic nitrogens is 1. The molecule has 4 heteroatoms. The highest BCUT2D eigenvalue weighted by Crippen LogP contribution is 2.25. The molecule has 0 fully saturated rings. The molecule has 1 heterocycles. The largest absolute Gasteiger partial charge is 0.330 e. The van der Waals surface area contributed by atoms with Crippen LogP contribution in [0.3, 0.4) is 0 Å². The van der Waals surface area contributed by atoms with Crippen LogP contribution in [0.2, 0.25) is 0 Å². The highest BCUT2D eigenvalue weighted by molar-refractivity contribution is 9.10. The lowest BCUT2D eigenvalue weighted by Gasteiger charge is -2.17. The highest BCUT2D eigenvalue weighted by atomic mass is 79.9. The summed E-state index contributed by atoms with van der Waals surface area (Å²) in [5, 5.41) is 1.17. The molecule has 0 aliphatic carbocycles. The number of fused-ring (bicyclic) bond motifs is 1. The van der Waals surface area contributed by atoms with Crippen molar-refractivity contribution in [3.05, 3.63) is 40.5 Å². The van der Waals surface area contributed by atoms with Gasteiger partial charge in [0.05, 0.1) is 5.52 Å². The molecule has 0 amide bonds. The maximum atomic E-state index is 5.54. The van der Waals surface area contributed by atoms with E-state index in [-0.39, 0.29) is 0 Å². The smallest absolute Gasteiger partial charge is 0.0758 e. The molecule has 1 aromatic carbocycles. The number of rotatable bonds is 5. The van der Waals surface area contributed by atoms with Gasteiger partial charge in [-0.1, -0.05) is 28.1 Å². The second-order valence-electron chi connectivity index (χ2n) is 4.49. The molecule has 3 nitrogen and oxygen atoms in total. The third-order valence-corrected chi connectivity index (χ3v) is 3.68. The monoisotopic (exact) mass is 307 g/mol. The summed E-state index contributed by atoms with van der Waals surface area (Å²) >= 11 is 3.57. The Kier molecular flexibility index (Phi) is 4.69. The van der Waals surface area contributed by atoms with Gasteiger partial charge in [-0.3, -0.25) is 4.98 Å². The summed E-state index contributed by atoms with van der Waals surface area (Å²) in [5.74, 6) is 0. The summed E-state index contributed by atoms with van der Waals surface area (Å²) in [6.45, 7) is 2.66. The van der Waals surface area contributed by atoms with Crippen LogP contribution in [0, 0.1) is 0 Å². The van der Waals surface area contributed by atoms with Crippen LogP contribution in [0.5, 0.6) is 0 Å². The molecule has 0 spiro atoms. The molecule has 18 heavy (non-hydrogen) atoms. The molecular weight excluding hydrogens is 290 g/mol. The van der Waals surface area contributed by atoms with Gasteiger partial charge in [0.2, 0.25) is 0 Å². The van der Waals surface area contributed by atoms with Crippen molar-refractivity contribution in [2.45, 2.75) is 13.0 Å². The van der Waals surface area contributed by atoms with E-state index in [1.54, 1.807) is 0 Å². The zero-order chi connectivity index (χ0) is 13.0. The summed E-state index contributed by atoms with van der Waals surface area (Å²) in [6.07, 6.45) is 2.87. The number of benzene rings is 1. The van der Waals surface area contributed by atoms with E-state index in [9.17, 15) is 0 Å². The van der Waals surface area contributed by atoms with Crippen molar-refractivity contribution in [3.63, 3.8) is 0 Å². The standard InChI is InChI=1S/C14H18BrN3/c1-18(9-3-7-16)10-11-5-6-13(15)12-4-2-8-17-14(11)12/h2,4-6,8H,3,7,9-10,16H2,1H3. The third-order valence-electron chi connectivity index (χ3n) is 2.98.